The van der Waals surface area contributed by atoms with Gasteiger partial charge in [0.15, 0.2) is 0 Å². The van der Waals surface area contributed by atoms with E-state index in [1.807, 2.05) is 24.6 Å². The lowest BCUT2D eigenvalue weighted by atomic mass is 10.3. The molecule has 1 rings (SSSR count). The number of aryl methyl sites for hydroxylation is 1. The summed E-state index contributed by atoms with van der Waals surface area (Å²) in [4.78, 5) is 4.15. The molecule has 0 saturated carbocycles. The van der Waals surface area contributed by atoms with Gasteiger partial charge in [0.2, 0.25) is 0 Å². The molecule has 86 valence electrons. The Kier molecular flexibility index (Phi) is 4.78. The third-order valence-electron chi connectivity index (χ3n) is 2.10. The number of aliphatic hydroxyl groups excluding tert-OH is 1. The summed E-state index contributed by atoms with van der Waals surface area (Å²) in [6.07, 6.45) is 4.13. The topological polar surface area (TPSA) is 47.3 Å². The van der Waals surface area contributed by atoms with Crippen LogP contribution in [-0.4, -0.2) is 27.4 Å². The number of rotatable bonds is 6. The molecule has 0 amide bonds. The minimum absolute atomic E-state index is 0.134. The molecule has 0 aromatic carbocycles. The third-order valence-corrected chi connectivity index (χ3v) is 2.10. The van der Waals surface area contributed by atoms with Crippen LogP contribution in [0.5, 0.6) is 0 Å². The lowest BCUT2D eigenvalue weighted by molar-refractivity contribution is 0.0000889. The largest absolute Gasteiger partial charge is 0.383 e. The maximum Gasteiger partial charge on any atom is 0.140 e. The van der Waals surface area contributed by atoms with E-state index >= 15 is 0 Å². The van der Waals surface area contributed by atoms with Gasteiger partial charge in [0, 0.05) is 18.9 Å². The van der Waals surface area contributed by atoms with Crippen molar-refractivity contribution in [3.05, 3.63) is 18.2 Å². The normalized spacial score (nSPS) is 13.4. The molecule has 0 aliphatic carbocycles. The molecule has 0 radical (unpaired) electrons. The van der Waals surface area contributed by atoms with Gasteiger partial charge in [0.25, 0.3) is 0 Å². The van der Waals surface area contributed by atoms with Gasteiger partial charge in [-0.05, 0) is 20.3 Å². The van der Waals surface area contributed by atoms with E-state index in [2.05, 4.69) is 11.9 Å². The average molecular weight is 212 g/mol. The predicted octanol–water partition coefficient (Wildman–Crippen LogP) is 1.75. The highest BCUT2D eigenvalue weighted by molar-refractivity contribution is 4.96. The molecule has 0 aliphatic rings. The zero-order chi connectivity index (χ0) is 11.3. The van der Waals surface area contributed by atoms with Gasteiger partial charge < -0.3 is 14.4 Å². The Morgan fingerprint density at radius 3 is 2.87 bits per heavy atom. The molecule has 0 saturated heterocycles. The van der Waals surface area contributed by atoms with E-state index in [0.717, 1.165) is 13.0 Å². The maximum absolute atomic E-state index is 9.86. The highest BCUT2D eigenvalue weighted by Gasteiger charge is 2.14. The lowest BCUT2D eigenvalue weighted by Gasteiger charge is -2.14. The van der Waals surface area contributed by atoms with Crippen LogP contribution in [0, 0.1) is 0 Å². The van der Waals surface area contributed by atoms with Gasteiger partial charge in [-0.15, -0.1) is 0 Å². The molecule has 0 spiro atoms. The molecule has 0 bridgehead atoms. The minimum atomic E-state index is -0.631. The molecule has 0 aliphatic heterocycles. The Hall–Kier alpha value is -0.870. The van der Waals surface area contributed by atoms with Gasteiger partial charge in [-0.2, -0.15) is 0 Å². The Bertz CT molecular complexity index is 284. The summed E-state index contributed by atoms with van der Waals surface area (Å²) in [5, 5.41) is 9.86. The molecule has 1 N–H and O–H groups in total. The molecule has 1 heterocycles. The van der Waals surface area contributed by atoms with E-state index in [9.17, 15) is 5.11 Å². The van der Waals surface area contributed by atoms with E-state index in [-0.39, 0.29) is 6.10 Å². The fourth-order valence-electron chi connectivity index (χ4n) is 1.41. The highest BCUT2D eigenvalue weighted by Crippen LogP contribution is 2.12. The van der Waals surface area contributed by atoms with E-state index < -0.39 is 6.10 Å². The second-order valence-corrected chi connectivity index (χ2v) is 3.88. The van der Waals surface area contributed by atoms with Gasteiger partial charge in [0.1, 0.15) is 11.9 Å². The first-order valence-corrected chi connectivity index (χ1v) is 5.45. The molecule has 1 atom stereocenters. The number of imidazole rings is 1. The standard InChI is InChI=1S/C11H20N2O2/c1-4-6-13-7-5-12-11(13)10(14)8-15-9(2)3/h5,7,9-10,14H,4,6,8H2,1-3H3. The second kappa shape index (κ2) is 5.88. The van der Waals surface area contributed by atoms with Crippen molar-refractivity contribution >= 4 is 0 Å². The molecule has 0 fully saturated rings. The van der Waals surface area contributed by atoms with Crippen LogP contribution < -0.4 is 0 Å². The Balaban J connectivity index is 2.56. The number of aromatic nitrogens is 2. The monoisotopic (exact) mass is 212 g/mol. The van der Waals surface area contributed by atoms with Crippen LogP contribution >= 0.6 is 0 Å². The van der Waals surface area contributed by atoms with Crippen molar-refractivity contribution in [1.82, 2.24) is 9.55 Å². The number of nitrogens with zero attached hydrogens (tertiary/aromatic N) is 2. The molecular formula is C11H20N2O2. The molecular weight excluding hydrogens is 192 g/mol. The molecule has 4 nitrogen and oxygen atoms in total. The SMILES string of the molecule is CCCn1ccnc1C(O)COC(C)C. The fourth-order valence-corrected chi connectivity index (χ4v) is 1.41. The first-order chi connectivity index (χ1) is 7.15. The Morgan fingerprint density at radius 1 is 1.53 bits per heavy atom. The smallest absolute Gasteiger partial charge is 0.140 e. The van der Waals surface area contributed by atoms with Crippen LogP contribution in [0.1, 0.15) is 39.1 Å². The summed E-state index contributed by atoms with van der Waals surface area (Å²) in [6, 6.07) is 0. The Morgan fingerprint density at radius 2 is 2.27 bits per heavy atom. The summed E-state index contributed by atoms with van der Waals surface area (Å²) >= 11 is 0. The van der Waals surface area contributed by atoms with Crippen molar-refractivity contribution in [3.63, 3.8) is 0 Å². The van der Waals surface area contributed by atoms with Gasteiger partial charge >= 0.3 is 0 Å². The molecule has 1 aromatic heterocycles. The number of hydrogen-bond donors (Lipinski definition) is 1. The number of ether oxygens (including phenoxy) is 1. The quantitative estimate of drug-likeness (QED) is 0.781. The summed E-state index contributed by atoms with van der Waals surface area (Å²) in [7, 11) is 0. The van der Waals surface area contributed by atoms with E-state index in [1.54, 1.807) is 6.20 Å². The zero-order valence-corrected chi connectivity index (χ0v) is 9.68. The summed E-state index contributed by atoms with van der Waals surface area (Å²) in [6.45, 7) is 7.18. The van der Waals surface area contributed by atoms with Crippen LogP contribution in [0.4, 0.5) is 0 Å². The van der Waals surface area contributed by atoms with Crippen molar-refractivity contribution in [3.8, 4) is 0 Å². The van der Waals surface area contributed by atoms with Gasteiger partial charge in [-0.3, -0.25) is 0 Å². The molecule has 1 unspecified atom stereocenters. The highest BCUT2D eigenvalue weighted by atomic mass is 16.5. The van der Waals surface area contributed by atoms with Gasteiger partial charge in [0.05, 0.1) is 12.7 Å². The third kappa shape index (κ3) is 3.64. The van der Waals surface area contributed by atoms with E-state index in [4.69, 9.17) is 4.74 Å². The van der Waals surface area contributed by atoms with Crippen molar-refractivity contribution in [2.75, 3.05) is 6.61 Å². The molecule has 1 aromatic rings. The molecule has 15 heavy (non-hydrogen) atoms. The number of hydrogen-bond acceptors (Lipinski definition) is 3. The van der Waals surface area contributed by atoms with Crippen molar-refractivity contribution in [2.24, 2.45) is 0 Å². The van der Waals surface area contributed by atoms with Crippen molar-refractivity contribution in [2.45, 2.75) is 45.9 Å². The first kappa shape index (κ1) is 12.2. The average Bonchev–Trinajstić information content (AvgIpc) is 2.63. The fraction of sp³-hybridized carbons (Fsp3) is 0.727. The van der Waals surface area contributed by atoms with Crippen LogP contribution in [-0.2, 0) is 11.3 Å². The van der Waals surface area contributed by atoms with Gasteiger partial charge in [-0.25, -0.2) is 4.98 Å². The van der Waals surface area contributed by atoms with E-state index in [1.165, 1.54) is 0 Å². The van der Waals surface area contributed by atoms with Crippen molar-refractivity contribution < 1.29 is 9.84 Å². The van der Waals surface area contributed by atoms with E-state index in [0.29, 0.717) is 12.4 Å². The predicted molar refractivity (Wildman–Crippen MR) is 58.6 cm³/mol. The van der Waals surface area contributed by atoms with Crippen LogP contribution in [0.15, 0.2) is 12.4 Å². The second-order valence-electron chi connectivity index (χ2n) is 3.88. The lowest BCUT2D eigenvalue weighted by Crippen LogP contribution is -2.16. The molecule has 4 heteroatoms. The minimum Gasteiger partial charge on any atom is -0.383 e. The van der Waals surface area contributed by atoms with Crippen LogP contribution in [0.3, 0.4) is 0 Å². The van der Waals surface area contributed by atoms with Crippen LogP contribution in [0.25, 0.3) is 0 Å². The summed E-state index contributed by atoms with van der Waals surface area (Å²) in [5.74, 6) is 0.692. The summed E-state index contributed by atoms with van der Waals surface area (Å²) in [5.41, 5.74) is 0. The van der Waals surface area contributed by atoms with Gasteiger partial charge in [-0.1, -0.05) is 6.92 Å². The first-order valence-electron chi connectivity index (χ1n) is 5.45. The Labute approximate surface area is 90.9 Å². The van der Waals surface area contributed by atoms with Crippen LogP contribution in [0.2, 0.25) is 0 Å². The zero-order valence-electron chi connectivity index (χ0n) is 9.68. The summed E-state index contributed by atoms with van der Waals surface area (Å²) < 4.78 is 7.32. The maximum atomic E-state index is 9.86. The number of aliphatic hydroxyl groups is 1. The van der Waals surface area contributed by atoms with Crippen molar-refractivity contribution in [1.29, 1.82) is 0 Å².